The summed E-state index contributed by atoms with van der Waals surface area (Å²) in [5.74, 6) is -1.32. The van der Waals surface area contributed by atoms with Crippen LogP contribution in [0.2, 0.25) is 5.02 Å². The molecule has 0 radical (unpaired) electrons. The van der Waals surface area contributed by atoms with Gasteiger partial charge in [0, 0.05) is 17.2 Å². The van der Waals surface area contributed by atoms with Crippen LogP contribution in [0.5, 0.6) is 0 Å². The molecule has 0 aliphatic heterocycles. The zero-order chi connectivity index (χ0) is 18.4. The molecule has 2 rings (SSSR count). The zero-order valence-corrected chi connectivity index (χ0v) is 14.0. The summed E-state index contributed by atoms with van der Waals surface area (Å²) < 4.78 is 4.89. The predicted molar refractivity (Wildman–Crippen MR) is 91.4 cm³/mol. The monoisotopic (exact) mass is 362 g/mol. The lowest BCUT2D eigenvalue weighted by atomic mass is 10.1. The number of rotatable bonds is 6. The van der Waals surface area contributed by atoms with E-state index in [1.165, 1.54) is 18.2 Å². The number of ether oxygens (including phenoxy) is 1. The molecule has 0 heterocycles. The Kier molecular flexibility index (Phi) is 6.08. The van der Waals surface area contributed by atoms with E-state index in [4.69, 9.17) is 16.3 Å². The largest absolute Gasteiger partial charge is 0.452 e. The normalized spacial score (nSPS) is 11.4. The molecule has 1 amide bonds. The predicted octanol–water partition coefficient (Wildman–Crippen LogP) is 3.28. The summed E-state index contributed by atoms with van der Waals surface area (Å²) in [6.45, 7) is 1.25. The summed E-state index contributed by atoms with van der Waals surface area (Å²) >= 11 is 6.06. The summed E-state index contributed by atoms with van der Waals surface area (Å²) in [7, 11) is 0. The van der Waals surface area contributed by atoms with Gasteiger partial charge in [-0.25, -0.2) is 4.79 Å². The fraction of sp³-hybridized carbons (Fsp3) is 0.176. The van der Waals surface area contributed by atoms with Crippen LogP contribution in [0.25, 0.3) is 0 Å². The van der Waals surface area contributed by atoms with Crippen molar-refractivity contribution in [2.75, 3.05) is 6.61 Å². The van der Waals surface area contributed by atoms with Gasteiger partial charge in [0.05, 0.1) is 16.5 Å². The van der Waals surface area contributed by atoms with Crippen molar-refractivity contribution in [3.8, 4) is 0 Å². The van der Waals surface area contributed by atoms with Crippen LogP contribution in [0.1, 0.15) is 28.9 Å². The van der Waals surface area contributed by atoms with Gasteiger partial charge in [-0.3, -0.25) is 14.9 Å². The molecule has 130 valence electrons. The summed E-state index contributed by atoms with van der Waals surface area (Å²) in [6.07, 6.45) is 0. The molecule has 8 heteroatoms. The standard InChI is InChI=1S/C17H15ClN2O5/c1-11(14-7-2-3-8-15(14)18)19-16(21)10-25-17(22)12-5-4-6-13(9-12)20(23)24/h2-9,11H,10H2,1H3,(H,19,21)/t11-/m0/s1. The van der Waals surface area contributed by atoms with E-state index in [1.54, 1.807) is 31.2 Å². The third kappa shape index (κ3) is 5.02. The molecule has 25 heavy (non-hydrogen) atoms. The molecule has 1 atom stereocenters. The maximum Gasteiger partial charge on any atom is 0.338 e. The van der Waals surface area contributed by atoms with Crippen LogP contribution in [0.4, 0.5) is 5.69 Å². The van der Waals surface area contributed by atoms with Gasteiger partial charge < -0.3 is 10.1 Å². The third-order valence-corrected chi connectivity index (χ3v) is 3.72. The number of halogens is 1. The lowest BCUT2D eigenvalue weighted by molar-refractivity contribution is -0.384. The topological polar surface area (TPSA) is 98.5 Å². The summed E-state index contributed by atoms with van der Waals surface area (Å²) in [5.41, 5.74) is 0.509. The van der Waals surface area contributed by atoms with Gasteiger partial charge in [0.25, 0.3) is 11.6 Å². The second kappa shape index (κ2) is 8.25. The first kappa shape index (κ1) is 18.4. The maximum atomic E-state index is 11.9. The summed E-state index contributed by atoms with van der Waals surface area (Å²) in [4.78, 5) is 33.9. The zero-order valence-electron chi connectivity index (χ0n) is 13.3. The van der Waals surface area contributed by atoms with E-state index in [-0.39, 0.29) is 17.3 Å². The van der Waals surface area contributed by atoms with E-state index < -0.39 is 23.4 Å². The van der Waals surface area contributed by atoms with Gasteiger partial charge in [-0.1, -0.05) is 35.9 Å². The Morgan fingerprint density at radius 3 is 2.64 bits per heavy atom. The van der Waals surface area contributed by atoms with Crippen molar-refractivity contribution >= 4 is 29.2 Å². The molecule has 0 saturated heterocycles. The minimum Gasteiger partial charge on any atom is -0.452 e. The van der Waals surface area contributed by atoms with Crippen molar-refractivity contribution in [1.29, 1.82) is 0 Å². The number of carbonyl (C=O) groups is 2. The van der Waals surface area contributed by atoms with Crippen LogP contribution >= 0.6 is 11.6 Å². The highest BCUT2D eigenvalue weighted by Gasteiger charge is 2.16. The third-order valence-electron chi connectivity index (χ3n) is 3.38. The van der Waals surface area contributed by atoms with Gasteiger partial charge in [-0.05, 0) is 24.6 Å². The van der Waals surface area contributed by atoms with Crippen LogP contribution in [-0.4, -0.2) is 23.4 Å². The van der Waals surface area contributed by atoms with Gasteiger partial charge in [0.1, 0.15) is 0 Å². The fourth-order valence-electron chi connectivity index (χ4n) is 2.15. The molecule has 0 aromatic heterocycles. The molecule has 7 nitrogen and oxygen atoms in total. The molecule has 1 N–H and O–H groups in total. The number of amides is 1. The number of esters is 1. The Morgan fingerprint density at radius 1 is 1.24 bits per heavy atom. The first-order valence-electron chi connectivity index (χ1n) is 7.34. The van der Waals surface area contributed by atoms with Crippen LogP contribution in [-0.2, 0) is 9.53 Å². The highest BCUT2D eigenvalue weighted by molar-refractivity contribution is 6.31. The molecular formula is C17H15ClN2O5. The van der Waals surface area contributed by atoms with E-state index in [9.17, 15) is 19.7 Å². The lowest BCUT2D eigenvalue weighted by Gasteiger charge is -2.15. The van der Waals surface area contributed by atoms with Crippen molar-refractivity contribution in [1.82, 2.24) is 5.32 Å². The van der Waals surface area contributed by atoms with E-state index in [0.29, 0.717) is 5.02 Å². The fourth-order valence-corrected chi connectivity index (χ4v) is 2.45. The molecule has 0 spiro atoms. The highest BCUT2D eigenvalue weighted by atomic mass is 35.5. The lowest BCUT2D eigenvalue weighted by Crippen LogP contribution is -2.31. The number of hydrogen-bond acceptors (Lipinski definition) is 5. The average molecular weight is 363 g/mol. The number of carbonyl (C=O) groups excluding carboxylic acids is 2. The minimum atomic E-state index is -0.816. The molecule has 0 unspecified atom stereocenters. The molecule has 0 saturated carbocycles. The summed E-state index contributed by atoms with van der Waals surface area (Å²) in [6, 6.07) is 11.8. The Labute approximate surface area is 148 Å². The first-order chi connectivity index (χ1) is 11.9. The molecule has 2 aromatic carbocycles. The van der Waals surface area contributed by atoms with E-state index in [0.717, 1.165) is 11.6 Å². The molecule has 0 aliphatic rings. The van der Waals surface area contributed by atoms with Crippen LogP contribution < -0.4 is 5.32 Å². The van der Waals surface area contributed by atoms with Crippen molar-refractivity contribution < 1.29 is 19.2 Å². The number of nitro groups is 1. The minimum absolute atomic E-state index is 0.00107. The van der Waals surface area contributed by atoms with Gasteiger partial charge in [0.15, 0.2) is 6.61 Å². The SMILES string of the molecule is C[C@H](NC(=O)COC(=O)c1cccc([N+](=O)[O-])c1)c1ccccc1Cl. The second-order valence-corrected chi connectivity index (χ2v) is 5.60. The van der Waals surface area contributed by atoms with E-state index in [2.05, 4.69) is 5.32 Å². The van der Waals surface area contributed by atoms with Crippen molar-refractivity contribution in [3.63, 3.8) is 0 Å². The molecule has 0 bridgehead atoms. The van der Waals surface area contributed by atoms with Crippen LogP contribution in [0.3, 0.4) is 0 Å². The van der Waals surface area contributed by atoms with Crippen molar-refractivity contribution in [2.45, 2.75) is 13.0 Å². The Bertz CT molecular complexity index is 809. The van der Waals surface area contributed by atoms with E-state index in [1.807, 2.05) is 0 Å². The number of nitrogens with one attached hydrogen (secondary N) is 1. The Morgan fingerprint density at radius 2 is 1.96 bits per heavy atom. The van der Waals surface area contributed by atoms with Gasteiger partial charge in [0.2, 0.25) is 0 Å². The highest BCUT2D eigenvalue weighted by Crippen LogP contribution is 2.22. The molecule has 0 aliphatic carbocycles. The number of nitro benzene ring substituents is 1. The smallest absolute Gasteiger partial charge is 0.338 e. The quantitative estimate of drug-likeness (QED) is 0.483. The first-order valence-corrected chi connectivity index (χ1v) is 7.71. The number of benzene rings is 2. The molecular weight excluding hydrogens is 348 g/mol. The molecule has 2 aromatic rings. The number of nitrogens with zero attached hydrogens (tertiary/aromatic N) is 1. The van der Waals surface area contributed by atoms with Gasteiger partial charge in [-0.2, -0.15) is 0 Å². The second-order valence-electron chi connectivity index (χ2n) is 5.19. The van der Waals surface area contributed by atoms with Crippen LogP contribution in [0.15, 0.2) is 48.5 Å². The van der Waals surface area contributed by atoms with E-state index >= 15 is 0 Å². The maximum absolute atomic E-state index is 11.9. The van der Waals surface area contributed by atoms with Crippen LogP contribution in [0, 0.1) is 10.1 Å². The van der Waals surface area contributed by atoms with Gasteiger partial charge >= 0.3 is 5.97 Å². The van der Waals surface area contributed by atoms with Crippen molar-refractivity contribution in [3.05, 3.63) is 74.8 Å². The summed E-state index contributed by atoms with van der Waals surface area (Å²) in [5, 5.41) is 13.9. The Balaban J connectivity index is 1.91. The number of non-ortho nitro benzene ring substituents is 1. The van der Waals surface area contributed by atoms with Crippen molar-refractivity contribution in [2.24, 2.45) is 0 Å². The van der Waals surface area contributed by atoms with Gasteiger partial charge in [-0.15, -0.1) is 0 Å². The average Bonchev–Trinajstić information content (AvgIpc) is 2.60. The molecule has 0 fully saturated rings. The Hall–Kier alpha value is -2.93. The number of hydrogen-bond donors (Lipinski definition) is 1.